The second-order valence-corrected chi connectivity index (χ2v) is 5.17. The van der Waals surface area contributed by atoms with Crippen molar-refractivity contribution in [1.82, 2.24) is 10.1 Å². The van der Waals surface area contributed by atoms with Crippen molar-refractivity contribution in [2.24, 2.45) is 5.73 Å². The van der Waals surface area contributed by atoms with Crippen LogP contribution in [0.5, 0.6) is 0 Å². The van der Waals surface area contributed by atoms with Gasteiger partial charge >= 0.3 is 0 Å². The number of nitrogens with zero attached hydrogens (tertiary/aromatic N) is 2. The van der Waals surface area contributed by atoms with Gasteiger partial charge < -0.3 is 10.3 Å². The second kappa shape index (κ2) is 5.13. The fourth-order valence-electron chi connectivity index (χ4n) is 2.73. The fourth-order valence-corrected chi connectivity index (χ4v) is 2.73. The Kier molecular flexibility index (Phi) is 3.34. The van der Waals surface area contributed by atoms with Gasteiger partial charge in [-0.05, 0) is 24.0 Å². The number of rotatable bonds is 5. The van der Waals surface area contributed by atoms with Gasteiger partial charge in [0.2, 0.25) is 5.89 Å². The highest BCUT2D eigenvalue weighted by atomic mass is 16.5. The lowest BCUT2D eigenvalue weighted by Gasteiger charge is -2.27. The molecule has 0 bridgehead atoms. The number of aromatic nitrogens is 2. The van der Waals surface area contributed by atoms with E-state index in [1.165, 1.54) is 11.1 Å². The molecule has 1 aliphatic carbocycles. The van der Waals surface area contributed by atoms with Crippen LogP contribution >= 0.6 is 0 Å². The molecule has 2 unspecified atom stereocenters. The van der Waals surface area contributed by atoms with Gasteiger partial charge in [0.15, 0.2) is 5.82 Å². The number of hydrogen-bond donors (Lipinski definition) is 1. The Morgan fingerprint density at radius 3 is 3.00 bits per heavy atom. The van der Waals surface area contributed by atoms with Gasteiger partial charge in [-0.1, -0.05) is 42.8 Å². The molecule has 1 aliphatic rings. The summed E-state index contributed by atoms with van der Waals surface area (Å²) in [6.07, 6.45) is 3.08. The average Bonchev–Trinajstić information content (AvgIpc) is 2.86. The van der Waals surface area contributed by atoms with Crippen molar-refractivity contribution in [2.45, 2.75) is 38.0 Å². The molecule has 0 fully saturated rings. The van der Waals surface area contributed by atoms with E-state index in [4.69, 9.17) is 10.3 Å². The molecule has 100 valence electrons. The first-order chi connectivity index (χ1) is 9.33. The fraction of sp³-hybridized carbons (Fsp3) is 0.467. The molecule has 2 aromatic rings. The molecule has 0 amide bonds. The summed E-state index contributed by atoms with van der Waals surface area (Å²) in [5.41, 5.74) is 8.49. The molecule has 0 radical (unpaired) electrons. The zero-order valence-corrected chi connectivity index (χ0v) is 11.2. The number of fused-ring (bicyclic) bond motifs is 1. The van der Waals surface area contributed by atoms with E-state index in [-0.39, 0.29) is 5.92 Å². The maximum Gasteiger partial charge on any atom is 0.231 e. The van der Waals surface area contributed by atoms with Crippen molar-refractivity contribution in [3.8, 4) is 0 Å². The number of nitrogens with two attached hydrogens (primary N) is 1. The molecule has 0 saturated carbocycles. The summed E-state index contributed by atoms with van der Waals surface area (Å²) in [5, 5.41) is 4.15. The summed E-state index contributed by atoms with van der Waals surface area (Å²) >= 11 is 0. The topological polar surface area (TPSA) is 64.9 Å². The van der Waals surface area contributed by atoms with E-state index in [0.29, 0.717) is 18.4 Å². The van der Waals surface area contributed by atoms with Crippen molar-refractivity contribution in [3.05, 3.63) is 47.1 Å². The van der Waals surface area contributed by atoms with Gasteiger partial charge in [-0.2, -0.15) is 4.98 Å². The molecule has 1 heterocycles. The molecule has 19 heavy (non-hydrogen) atoms. The Bertz CT molecular complexity index is 564. The van der Waals surface area contributed by atoms with Crippen molar-refractivity contribution >= 4 is 0 Å². The average molecular weight is 257 g/mol. The van der Waals surface area contributed by atoms with E-state index in [1.54, 1.807) is 0 Å². The molecule has 4 heteroatoms. The normalized spacial score (nSPS) is 18.7. The van der Waals surface area contributed by atoms with E-state index < -0.39 is 0 Å². The van der Waals surface area contributed by atoms with Crippen LogP contribution in [0.25, 0.3) is 0 Å². The molecule has 0 aliphatic heterocycles. The summed E-state index contributed by atoms with van der Waals surface area (Å²) in [4.78, 5) is 4.56. The molecule has 4 nitrogen and oxygen atoms in total. The van der Waals surface area contributed by atoms with Crippen LogP contribution in [0.15, 0.2) is 28.8 Å². The van der Waals surface area contributed by atoms with Crippen LogP contribution in [0.1, 0.15) is 54.4 Å². The molecule has 3 rings (SSSR count). The van der Waals surface area contributed by atoms with E-state index in [9.17, 15) is 0 Å². The Balaban J connectivity index is 1.80. The van der Waals surface area contributed by atoms with Crippen molar-refractivity contribution in [3.63, 3.8) is 0 Å². The number of benzene rings is 1. The lowest BCUT2D eigenvalue weighted by atomic mass is 9.77. The van der Waals surface area contributed by atoms with Crippen LogP contribution in [0, 0.1) is 0 Å². The van der Waals surface area contributed by atoms with Crippen LogP contribution in [0.2, 0.25) is 0 Å². The summed E-state index contributed by atoms with van der Waals surface area (Å²) in [6.45, 7) is 2.71. The van der Waals surface area contributed by atoms with Crippen molar-refractivity contribution in [1.29, 1.82) is 0 Å². The van der Waals surface area contributed by atoms with Crippen molar-refractivity contribution < 1.29 is 4.52 Å². The Hall–Kier alpha value is -1.68. The van der Waals surface area contributed by atoms with Crippen molar-refractivity contribution in [2.75, 3.05) is 6.54 Å². The summed E-state index contributed by atoms with van der Waals surface area (Å²) in [6, 6.07) is 8.44. The molecular weight excluding hydrogens is 238 g/mol. The summed E-state index contributed by atoms with van der Waals surface area (Å²) in [7, 11) is 0. The quantitative estimate of drug-likeness (QED) is 0.894. The molecule has 2 N–H and O–H groups in total. The van der Waals surface area contributed by atoms with Crippen LogP contribution in [-0.4, -0.2) is 16.7 Å². The van der Waals surface area contributed by atoms with E-state index >= 15 is 0 Å². The van der Waals surface area contributed by atoms with E-state index in [1.807, 2.05) is 0 Å². The summed E-state index contributed by atoms with van der Waals surface area (Å²) in [5.74, 6) is 2.00. The minimum Gasteiger partial charge on any atom is -0.339 e. The first-order valence-electron chi connectivity index (χ1n) is 6.94. The zero-order valence-electron chi connectivity index (χ0n) is 11.2. The van der Waals surface area contributed by atoms with Gasteiger partial charge in [-0.15, -0.1) is 0 Å². The standard InChI is InChI=1S/C15H19N3O/c1-2-5-11(9-16)15-17-14(18-19-15)13-8-10-6-3-4-7-12(10)13/h3-4,6-7,11,13H,2,5,8-9,16H2,1H3. The lowest BCUT2D eigenvalue weighted by Crippen LogP contribution is -2.19. The predicted molar refractivity (Wildman–Crippen MR) is 73.0 cm³/mol. The predicted octanol–water partition coefficient (Wildman–Crippen LogP) is 2.60. The lowest BCUT2D eigenvalue weighted by molar-refractivity contribution is 0.342. The second-order valence-electron chi connectivity index (χ2n) is 5.17. The zero-order chi connectivity index (χ0) is 13.2. The summed E-state index contributed by atoms with van der Waals surface area (Å²) < 4.78 is 5.40. The van der Waals surface area contributed by atoms with Gasteiger partial charge in [0.1, 0.15) is 0 Å². The monoisotopic (exact) mass is 257 g/mol. The molecule has 1 aromatic heterocycles. The van der Waals surface area contributed by atoms with Crippen LogP contribution in [-0.2, 0) is 6.42 Å². The smallest absolute Gasteiger partial charge is 0.231 e. The van der Waals surface area contributed by atoms with Crippen LogP contribution < -0.4 is 5.73 Å². The van der Waals surface area contributed by atoms with Gasteiger partial charge in [0.05, 0.1) is 11.8 Å². The van der Waals surface area contributed by atoms with Crippen LogP contribution in [0.3, 0.4) is 0 Å². The Morgan fingerprint density at radius 2 is 2.26 bits per heavy atom. The third-order valence-electron chi connectivity index (χ3n) is 3.89. The van der Waals surface area contributed by atoms with Gasteiger partial charge in [0.25, 0.3) is 0 Å². The first kappa shape index (κ1) is 12.4. The van der Waals surface area contributed by atoms with Crippen LogP contribution in [0.4, 0.5) is 0 Å². The third kappa shape index (κ3) is 2.16. The molecule has 1 aromatic carbocycles. The maximum atomic E-state index is 5.77. The third-order valence-corrected chi connectivity index (χ3v) is 3.89. The highest BCUT2D eigenvalue weighted by Crippen LogP contribution is 2.38. The molecular formula is C15H19N3O. The maximum absolute atomic E-state index is 5.77. The van der Waals surface area contributed by atoms with E-state index in [2.05, 4.69) is 41.3 Å². The highest BCUT2D eigenvalue weighted by Gasteiger charge is 2.31. The largest absolute Gasteiger partial charge is 0.339 e. The van der Waals surface area contributed by atoms with Gasteiger partial charge in [-0.25, -0.2) is 0 Å². The first-order valence-corrected chi connectivity index (χ1v) is 6.94. The minimum atomic E-state index is 0.196. The molecule has 0 saturated heterocycles. The molecule has 2 atom stereocenters. The van der Waals surface area contributed by atoms with E-state index in [0.717, 1.165) is 25.1 Å². The van der Waals surface area contributed by atoms with Gasteiger partial charge in [-0.3, -0.25) is 0 Å². The van der Waals surface area contributed by atoms with Gasteiger partial charge in [0, 0.05) is 6.54 Å². The Labute approximate surface area is 113 Å². The minimum absolute atomic E-state index is 0.196. The Morgan fingerprint density at radius 1 is 1.42 bits per heavy atom. The molecule has 0 spiro atoms. The number of hydrogen-bond acceptors (Lipinski definition) is 4. The SMILES string of the molecule is CCCC(CN)c1nc(C2Cc3ccccc32)no1. The highest BCUT2D eigenvalue weighted by molar-refractivity contribution is 5.43.